The Bertz CT molecular complexity index is 553. The second kappa shape index (κ2) is 5.85. The van der Waals surface area contributed by atoms with E-state index in [4.69, 9.17) is 0 Å². The molecule has 1 aromatic carbocycles. The summed E-state index contributed by atoms with van der Waals surface area (Å²) in [4.78, 5) is 10.7. The molecule has 0 aliphatic rings. The molecular weight excluding hydrogens is 246 g/mol. The van der Waals surface area contributed by atoms with E-state index in [2.05, 4.69) is 15.7 Å². The Morgan fingerprint density at radius 3 is 2.79 bits per heavy atom. The number of nitro groups is 1. The number of anilines is 2. The van der Waals surface area contributed by atoms with Crippen molar-refractivity contribution in [3.8, 4) is 0 Å². The fourth-order valence-electron chi connectivity index (χ4n) is 1.82. The molecule has 2 aromatic rings. The quantitative estimate of drug-likeness (QED) is 0.613. The lowest BCUT2D eigenvalue weighted by Crippen LogP contribution is -2.12. The van der Waals surface area contributed by atoms with Crippen LogP contribution in [0.25, 0.3) is 0 Å². The lowest BCUT2D eigenvalue weighted by molar-refractivity contribution is -0.383. The molecule has 19 heavy (non-hydrogen) atoms. The highest BCUT2D eigenvalue weighted by Gasteiger charge is 2.18. The van der Waals surface area contributed by atoms with Crippen molar-refractivity contribution in [1.82, 2.24) is 9.78 Å². The van der Waals surface area contributed by atoms with E-state index in [-0.39, 0.29) is 10.6 Å². The van der Waals surface area contributed by atoms with E-state index in [1.54, 1.807) is 36.1 Å². The van der Waals surface area contributed by atoms with Gasteiger partial charge in [0.05, 0.1) is 11.5 Å². The van der Waals surface area contributed by atoms with Gasteiger partial charge in [-0.05, 0) is 18.2 Å². The van der Waals surface area contributed by atoms with Crippen molar-refractivity contribution >= 4 is 17.1 Å². The largest absolute Gasteiger partial charge is 0.382 e. The van der Waals surface area contributed by atoms with E-state index in [1.807, 2.05) is 12.3 Å². The van der Waals surface area contributed by atoms with Crippen LogP contribution < -0.4 is 10.6 Å². The molecule has 7 nitrogen and oxygen atoms in total. The van der Waals surface area contributed by atoms with Crippen molar-refractivity contribution in [3.05, 3.63) is 46.8 Å². The van der Waals surface area contributed by atoms with E-state index < -0.39 is 0 Å². The second-order valence-corrected chi connectivity index (χ2v) is 3.90. The van der Waals surface area contributed by atoms with Crippen LogP contribution in [0.3, 0.4) is 0 Å². The fourth-order valence-corrected chi connectivity index (χ4v) is 1.82. The minimum absolute atomic E-state index is 0.0606. The van der Waals surface area contributed by atoms with E-state index >= 15 is 0 Å². The average Bonchev–Trinajstić information content (AvgIpc) is 2.91. The molecule has 0 aliphatic carbocycles. The molecule has 0 unspecified atom stereocenters. The van der Waals surface area contributed by atoms with Gasteiger partial charge in [-0.25, -0.2) is 0 Å². The first-order valence-electron chi connectivity index (χ1n) is 5.89. The van der Waals surface area contributed by atoms with Gasteiger partial charge in [0, 0.05) is 26.0 Å². The summed E-state index contributed by atoms with van der Waals surface area (Å²) in [7, 11) is 1.66. The van der Waals surface area contributed by atoms with Crippen LogP contribution in [0.15, 0.2) is 36.7 Å². The maximum atomic E-state index is 11.1. The number of para-hydroxylation sites is 1. The first kappa shape index (κ1) is 12.9. The van der Waals surface area contributed by atoms with Crippen molar-refractivity contribution in [2.45, 2.75) is 6.54 Å². The highest BCUT2D eigenvalue weighted by atomic mass is 16.6. The van der Waals surface area contributed by atoms with Gasteiger partial charge in [0.2, 0.25) is 0 Å². The van der Waals surface area contributed by atoms with Crippen molar-refractivity contribution < 1.29 is 4.92 Å². The summed E-state index contributed by atoms with van der Waals surface area (Å²) in [6, 6.07) is 6.98. The molecule has 0 amide bonds. The third-order valence-corrected chi connectivity index (χ3v) is 2.70. The van der Waals surface area contributed by atoms with Gasteiger partial charge in [-0.2, -0.15) is 5.10 Å². The van der Waals surface area contributed by atoms with Crippen LogP contribution in [0.5, 0.6) is 0 Å². The van der Waals surface area contributed by atoms with Crippen molar-refractivity contribution in [3.63, 3.8) is 0 Å². The van der Waals surface area contributed by atoms with Gasteiger partial charge >= 0.3 is 5.69 Å². The molecule has 1 aromatic heterocycles. The van der Waals surface area contributed by atoms with Gasteiger partial charge in [0.1, 0.15) is 11.4 Å². The third kappa shape index (κ3) is 3.01. The van der Waals surface area contributed by atoms with E-state index in [9.17, 15) is 10.1 Å². The van der Waals surface area contributed by atoms with Gasteiger partial charge in [0.15, 0.2) is 0 Å². The van der Waals surface area contributed by atoms with E-state index in [1.165, 1.54) is 0 Å². The maximum Gasteiger partial charge on any atom is 0.315 e. The van der Waals surface area contributed by atoms with E-state index in [0.29, 0.717) is 24.5 Å². The molecule has 2 N–H and O–H groups in total. The number of benzene rings is 1. The second-order valence-electron chi connectivity index (χ2n) is 3.90. The number of aromatic nitrogens is 2. The van der Waals surface area contributed by atoms with Crippen LogP contribution in [0.1, 0.15) is 0 Å². The number of rotatable bonds is 6. The lowest BCUT2D eigenvalue weighted by atomic mass is 10.2. The molecule has 7 heteroatoms. The first-order chi connectivity index (χ1) is 9.22. The number of hydrogen-bond donors (Lipinski definition) is 2. The summed E-state index contributed by atoms with van der Waals surface area (Å²) >= 11 is 0. The van der Waals surface area contributed by atoms with Gasteiger partial charge in [0.25, 0.3) is 0 Å². The number of hydrogen-bond acceptors (Lipinski definition) is 5. The molecule has 1 heterocycles. The summed E-state index contributed by atoms with van der Waals surface area (Å²) in [5.74, 6) is 0. The van der Waals surface area contributed by atoms with Crippen LogP contribution in [0.2, 0.25) is 0 Å². The van der Waals surface area contributed by atoms with Gasteiger partial charge in [-0.1, -0.05) is 6.07 Å². The maximum absolute atomic E-state index is 11.1. The Labute approximate surface area is 110 Å². The number of nitrogens with one attached hydrogen (secondary N) is 2. The SMILES string of the molecule is CNc1cccc(NCCn2cccn2)c1[N+](=O)[O-]. The first-order valence-corrected chi connectivity index (χ1v) is 5.89. The molecule has 0 atom stereocenters. The smallest absolute Gasteiger partial charge is 0.315 e. The Kier molecular flexibility index (Phi) is 3.97. The number of nitro benzene ring substituents is 1. The third-order valence-electron chi connectivity index (χ3n) is 2.70. The van der Waals surface area contributed by atoms with Crippen molar-refractivity contribution in [2.75, 3.05) is 24.2 Å². The summed E-state index contributed by atoms with van der Waals surface area (Å²) in [6.45, 7) is 1.21. The molecule has 0 saturated heterocycles. The van der Waals surface area contributed by atoms with Gasteiger partial charge in [-0.15, -0.1) is 0 Å². The van der Waals surface area contributed by atoms with Gasteiger partial charge < -0.3 is 10.6 Å². The zero-order valence-electron chi connectivity index (χ0n) is 10.5. The molecule has 2 rings (SSSR count). The minimum atomic E-state index is -0.387. The Hall–Kier alpha value is -2.57. The van der Waals surface area contributed by atoms with Crippen LogP contribution in [-0.4, -0.2) is 28.3 Å². The molecule has 0 fully saturated rings. The molecule has 0 spiro atoms. The average molecular weight is 261 g/mol. The molecule has 100 valence electrons. The van der Waals surface area contributed by atoms with Gasteiger partial charge in [-0.3, -0.25) is 14.8 Å². The molecular formula is C12H15N5O2. The highest BCUT2D eigenvalue weighted by molar-refractivity contribution is 5.75. The molecule has 0 aliphatic heterocycles. The predicted octanol–water partition coefficient (Wildman–Crippen LogP) is 1.95. The van der Waals surface area contributed by atoms with E-state index in [0.717, 1.165) is 0 Å². The van der Waals surface area contributed by atoms with Crippen molar-refractivity contribution in [1.29, 1.82) is 0 Å². The summed E-state index contributed by atoms with van der Waals surface area (Å²) in [5.41, 5.74) is 1.06. The topological polar surface area (TPSA) is 85.0 Å². The Morgan fingerprint density at radius 1 is 1.37 bits per heavy atom. The molecule has 0 bridgehead atoms. The molecule has 0 radical (unpaired) electrons. The van der Waals surface area contributed by atoms with Crippen molar-refractivity contribution in [2.24, 2.45) is 0 Å². The molecule has 0 saturated carbocycles. The summed E-state index contributed by atoms with van der Waals surface area (Å²) < 4.78 is 1.76. The Morgan fingerprint density at radius 2 is 2.16 bits per heavy atom. The predicted molar refractivity (Wildman–Crippen MR) is 73.4 cm³/mol. The highest BCUT2D eigenvalue weighted by Crippen LogP contribution is 2.32. The minimum Gasteiger partial charge on any atom is -0.382 e. The fraction of sp³-hybridized carbons (Fsp3) is 0.250. The lowest BCUT2D eigenvalue weighted by Gasteiger charge is -2.10. The zero-order chi connectivity index (χ0) is 13.7. The van der Waals surface area contributed by atoms with Crippen LogP contribution in [0, 0.1) is 10.1 Å². The van der Waals surface area contributed by atoms with Crippen LogP contribution in [0.4, 0.5) is 17.1 Å². The normalized spacial score (nSPS) is 10.2. The van der Waals surface area contributed by atoms with Crippen LogP contribution in [-0.2, 0) is 6.54 Å². The zero-order valence-corrected chi connectivity index (χ0v) is 10.5. The van der Waals surface area contributed by atoms with Crippen LogP contribution >= 0.6 is 0 Å². The monoisotopic (exact) mass is 261 g/mol. The standard InChI is InChI=1S/C12H15N5O2/c1-13-10-4-2-5-11(12(10)17(18)19)14-7-9-16-8-3-6-15-16/h2-6,8,13-14H,7,9H2,1H3. The summed E-state index contributed by atoms with van der Waals surface area (Å²) in [5, 5.41) is 21.1. The summed E-state index contributed by atoms with van der Waals surface area (Å²) in [6.07, 6.45) is 3.55. The Balaban J connectivity index is 2.09. The number of nitrogens with zero attached hydrogens (tertiary/aromatic N) is 3.